The van der Waals surface area contributed by atoms with Crippen LogP contribution in [0.25, 0.3) is 0 Å². The van der Waals surface area contributed by atoms with Crippen LogP contribution in [0, 0.1) is 0 Å². The molecule has 0 heterocycles. The SMILES string of the molecule is CS/C(Nc1ccccc1)=[N+](C)\N=C\c1ccccc1O.[I-]. The van der Waals surface area contributed by atoms with E-state index in [0.717, 1.165) is 10.9 Å². The standard InChI is InChI=1S/C16H17N3OS.HI/c1-19(17-12-13-8-6-7-11-15(13)20)16(21-2)18-14-9-4-3-5-10-14;/h3-12H,1-2H3,(H,17,20);1H. The van der Waals surface area contributed by atoms with E-state index in [4.69, 9.17) is 0 Å². The zero-order chi connectivity index (χ0) is 15.1. The largest absolute Gasteiger partial charge is 1.00 e. The monoisotopic (exact) mass is 427 g/mol. The van der Waals surface area contributed by atoms with Gasteiger partial charge in [0.15, 0.2) is 0 Å². The van der Waals surface area contributed by atoms with Crippen molar-refractivity contribution < 1.29 is 33.8 Å². The summed E-state index contributed by atoms with van der Waals surface area (Å²) < 4.78 is 1.74. The Bertz CT molecular complexity index is 659. The van der Waals surface area contributed by atoms with Crippen molar-refractivity contribution >= 4 is 28.8 Å². The van der Waals surface area contributed by atoms with Crippen molar-refractivity contribution in [2.24, 2.45) is 5.10 Å². The van der Waals surface area contributed by atoms with Gasteiger partial charge in [-0.2, -0.15) is 0 Å². The molecule has 22 heavy (non-hydrogen) atoms. The Morgan fingerprint density at radius 3 is 2.41 bits per heavy atom. The number of nitrogens with zero attached hydrogens (tertiary/aromatic N) is 2. The van der Waals surface area contributed by atoms with Gasteiger partial charge in [-0.25, -0.2) is 5.32 Å². The fraction of sp³-hybridized carbons (Fsp3) is 0.125. The minimum absolute atomic E-state index is 0. The topological polar surface area (TPSA) is 47.6 Å². The first kappa shape index (κ1) is 18.5. The number of thioether (sulfide) groups is 1. The highest BCUT2D eigenvalue weighted by molar-refractivity contribution is 8.13. The quantitative estimate of drug-likeness (QED) is 0.242. The highest BCUT2D eigenvalue weighted by atomic mass is 127. The lowest BCUT2D eigenvalue weighted by molar-refractivity contribution is -0.499. The number of para-hydroxylation sites is 2. The summed E-state index contributed by atoms with van der Waals surface area (Å²) in [7, 11) is 1.86. The molecule has 0 fully saturated rings. The van der Waals surface area contributed by atoms with Crippen LogP contribution in [-0.2, 0) is 0 Å². The first-order valence-corrected chi connectivity index (χ1v) is 7.72. The van der Waals surface area contributed by atoms with E-state index in [0.29, 0.717) is 5.56 Å². The van der Waals surface area contributed by atoms with Gasteiger partial charge in [-0.05, 0) is 42.3 Å². The minimum atomic E-state index is 0. The number of benzene rings is 2. The van der Waals surface area contributed by atoms with Crippen molar-refractivity contribution in [2.45, 2.75) is 0 Å². The van der Waals surface area contributed by atoms with Crippen LogP contribution >= 0.6 is 11.8 Å². The first-order valence-electron chi connectivity index (χ1n) is 6.49. The third-order valence-corrected chi connectivity index (χ3v) is 3.57. The Morgan fingerprint density at radius 2 is 1.77 bits per heavy atom. The van der Waals surface area contributed by atoms with Gasteiger partial charge < -0.3 is 29.1 Å². The first-order chi connectivity index (χ1) is 10.2. The highest BCUT2D eigenvalue weighted by Crippen LogP contribution is 2.13. The molecule has 2 rings (SSSR count). The van der Waals surface area contributed by atoms with E-state index in [2.05, 4.69) is 10.4 Å². The summed E-state index contributed by atoms with van der Waals surface area (Å²) in [6, 6.07) is 17.0. The summed E-state index contributed by atoms with van der Waals surface area (Å²) in [6.07, 6.45) is 3.62. The smallest absolute Gasteiger partial charge is 0.336 e. The predicted octanol–water partition coefficient (Wildman–Crippen LogP) is 0.204. The number of anilines is 1. The molecule has 0 spiro atoms. The number of halogens is 1. The second kappa shape index (κ2) is 9.47. The van der Waals surface area contributed by atoms with Crippen molar-refractivity contribution in [3.8, 4) is 5.75 Å². The molecule has 0 aromatic heterocycles. The van der Waals surface area contributed by atoms with Gasteiger partial charge in [0, 0.05) is 5.56 Å². The van der Waals surface area contributed by atoms with Crippen molar-refractivity contribution in [1.82, 2.24) is 0 Å². The molecule has 4 nitrogen and oxygen atoms in total. The average Bonchev–Trinajstić information content (AvgIpc) is 2.52. The molecule has 0 bridgehead atoms. The molecule has 2 aromatic rings. The predicted molar refractivity (Wildman–Crippen MR) is 90.5 cm³/mol. The molecule has 0 amide bonds. The number of phenolic OH excluding ortho intramolecular Hbond substituents is 1. The van der Waals surface area contributed by atoms with Crippen molar-refractivity contribution in [3.05, 3.63) is 60.2 Å². The molecule has 116 valence electrons. The molecule has 0 radical (unpaired) electrons. The van der Waals surface area contributed by atoms with Crippen molar-refractivity contribution in [3.63, 3.8) is 0 Å². The Balaban J connectivity index is 0.00000242. The molecule has 6 heteroatoms. The molecule has 2 aromatic carbocycles. The van der Waals surface area contributed by atoms with Gasteiger partial charge in [0.1, 0.15) is 18.5 Å². The second-order valence-electron chi connectivity index (χ2n) is 4.33. The van der Waals surface area contributed by atoms with E-state index in [-0.39, 0.29) is 29.7 Å². The van der Waals surface area contributed by atoms with Crippen molar-refractivity contribution in [1.29, 1.82) is 0 Å². The third-order valence-electron chi connectivity index (χ3n) is 2.82. The number of amidine groups is 1. The molecule has 0 saturated heterocycles. The molecular formula is C16H18IN3OS. The van der Waals surface area contributed by atoms with Crippen LogP contribution in [0.1, 0.15) is 5.56 Å². The Kier molecular flexibility index (Phi) is 7.97. The van der Waals surface area contributed by atoms with E-state index in [1.165, 1.54) is 0 Å². The Labute approximate surface area is 152 Å². The van der Waals surface area contributed by atoms with Crippen molar-refractivity contribution in [2.75, 3.05) is 18.6 Å². The maximum Gasteiger partial charge on any atom is 0.336 e. The fourth-order valence-corrected chi connectivity index (χ4v) is 2.24. The zero-order valence-corrected chi connectivity index (χ0v) is 15.4. The van der Waals surface area contributed by atoms with E-state index in [1.807, 2.05) is 55.8 Å². The van der Waals surface area contributed by atoms with E-state index in [1.54, 1.807) is 34.8 Å². The fourth-order valence-electron chi connectivity index (χ4n) is 1.71. The average molecular weight is 427 g/mol. The number of hydrazone groups is 1. The molecule has 0 unspecified atom stereocenters. The summed E-state index contributed by atoms with van der Waals surface area (Å²) in [4.78, 5) is 0. The molecule has 0 aliphatic heterocycles. The van der Waals surface area contributed by atoms with Gasteiger partial charge in [0.05, 0.1) is 6.21 Å². The molecular weight excluding hydrogens is 409 g/mol. The van der Waals surface area contributed by atoms with Crippen LogP contribution < -0.4 is 29.3 Å². The van der Waals surface area contributed by atoms with Gasteiger partial charge in [-0.15, -0.1) is 4.68 Å². The Hall–Kier alpha value is -1.54. The van der Waals surface area contributed by atoms with Crippen LogP contribution in [0.5, 0.6) is 5.75 Å². The lowest BCUT2D eigenvalue weighted by Gasteiger charge is -2.02. The number of hydrogen-bond donors (Lipinski definition) is 2. The molecule has 0 aliphatic carbocycles. The molecule has 0 saturated carbocycles. The molecule has 0 aliphatic rings. The zero-order valence-electron chi connectivity index (χ0n) is 12.4. The van der Waals surface area contributed by atoms with E-state index >= 15 is 0 Å². The van der Waals surface area contributed by atoms with Crippen LogP contribution in [0.3, 0.4) is 0 Å². The number of hydrogen-bond acceptors (Lipinski definition) is 3. The van der Waals surface area contributed by atoms with Gasteiger partial charge in [-0.1, -0.05) is 35.4 Å². The van der Waals surface area contributed by atoms with E-state index < -0.39 is 0 Å². The number of nitrogens with one attached hydrogen (secondary N) is 1. The molecule has 2 N–H and O–H groups in total. The number of aromatic hydroxyl groups is 1. The molecule has 0 atom stereocenters. The summed E-state index contributed by atoms with van der Waals surface area (Å²) in [5.41, 5.74) is 1.69. The highest BCUT2D eigenvalue weighted by Gasteiger charge is 2.09. The Morgan fingerprint density at radius 1 is 1.14 bits per heavy atom. The number of rotatable bonds is 3. The maximum absolute atomic E-state index is 9.72. The minimum Gasteiger partial charge on any atom is -1.00 e. The van der Waals surface area contributed by atoms with Gasteiger partial charge >= 0.3 is 5.17 Å². The van der Waals surface area contributed by atoms with Crippen LogP contribution in [0.4, 0.5) is 5.69 Å². The summed E-state index contributed by atoms with van der Waals surface area (Å²) in [5, 5.41) is 18.3. The summed E-state index contributed by atoms with van der Waals surface area (Å²) in [6.45, 7) is 0. The lowest BCUT2D eigenvalue weighted by Crippen LogP contribution is -3.00. The van der Waals surface area contributed by atoms with Gasteiger partial charge in [-0.3, -0.25) is 0 Å². The number of phenols is 1. The van der Waals surface area contributed by atoms with Gasteiger partial charge in [0.25, 0.3) is 0 Å². The maximum atomic E-state index is 9.72. The van der Waals surface area contributed by atoms with Crippen LogP contribution in [-0.4, -0.2) is 34.5 Å². The van der Waals surface area contributed by atoms with Crippen LogP contribution in [0.15, 0.2) is 59.7 Å². The van der Waals surface area contributed by atoms with Gasteiger partial charge in [0.2, 0.25) is 0 Å². The summed E-state index contributed by atoms with van der Waals surface area (Å²) >= 11 is 1.57. The second-order valence-corrected chi connectivity index (χ2v) is 5.12. The summed E-state index contributed by atoms with van der Waals surface area (Å²) in [5.74, 6) is 0.219. The van der Waals surface area contributed by atoms with Crippen LogP contribution in [0.2, 0.25) is 0 Å². The third kappa shape index (κ3) is 5.34. The normalized spacial score (nSPS) is 11.7. The lowest BCUT2D eigenvalue weighted by atomic mass is 10.2. The van der Waals surface area contributed by atoms with E-state index in [9.17, 15) is 5.11 Å².